The van der Waals surface area contributed by atoms with Crippen LogP contribution in [-0.4, -0.2) is 32.9 Å². The number of piperidine rings is 1. The lowest BCUT2D eigenvalue weighted by atomic mass is 9.90. The van der Waals surface area contributed by atoms with E-state index in [4.69, 9.17) is 0 Å². The van der Waals surface area contributed by atoms with Crippen molar-refractivity contribution in [1.29, 1.82) is 0 Å². The molecule has 1 fully saturated rings. The van der Waals surface area contributed by atoms with Crippen molar-refractivity contribution >= 4 is 37.3 Å². The Bertz CT molecular complexity index is 571. The lowest BCUT2D eigenvalue weighted by Crippen LogP contribution is -2.42. The molecule has 0 radical (unpaired) electrons. The molecule has 0 amide bonds. The van der Waals surface area contributed by atoms with Crippen LogP contribution in [0.4, 0.5) is 0 Å². The number of nitrogens with one attached hydrogen (secondary N) is 1. The number of sulfonamides is 1. The number of hydrogen-bond acceptors (Lipinski definition) is 4. The second-order valence-corrected chi connectivity index (χ2v) is 9.85. The third kappa shape index (κ3) is 3.27. The molecular formula is C13H21BrN2O2S2. The van der Waals surface area contributed by atoms with Gasteiger partial charge in [-0.1, -0.05) is 13.8 Å². The number of thiophene rings is 1. The molecular weight excluding hydrogens is 360 g/mol. The first-order valence-corrected chi connectivity index (χ1v) is 9.84. The fourth-order valence-corrected chi connectivity index (χ4v) is 6.62. The van der Waals surface area contributed by atoms with E-state index in [2.05, 4.69) is 35.1 Å². The fourth-order valence-electron chi connectivity index (χ4n) is 2.42. The summed E-state index contributed by atoms with van der Waals surface area (Å²) in [7, 11) is -1.52. The zero-order valence-electron chi connectivity index (χ0n) is 12.0. The maximum atomic E-state index is 12.8. The van der Waals surface area contributed by atoms with E-state index in [0.29, 0.717) is 40.2 Å². The van der Waals surface area contributed by atoms with Crippen molar-refractivity contribution in [2.24, 2.45) is 11.8 Å². The van der Waals surface area contributed by atoms with Gasteiger partial charge in [0, 0.05) is 24.5 Å². The first-order chi connectivity index (χ1) is 9.36. The van der Waals surface area contributed by atoms with Crippen LogP contribution in [-0.2, 0) is 16.6 Å². The highest BCUT2D eigenvalue weighted by molar-refractivity contribution is 9.11. The summed E-state index contributed by atoms with van der Waals surface area (Å²) < 4.78 is 27.9. The average molecular weight is 381 g/mol. The van der Waals surface area contributed by atoms with Gasteiger partial charge in [0.1, 0.15) is 4.90 Å². The Hall–Kier alpha value is 0.0500. The van der Waals surface area contributed by atoms with Crippen LogP contribution in [0.3, 0.4) is 0 Å². The molecule has 1 aromatic rings. The summed E-state index contributed by atoms with van der Waals surface area (Å²) in [6.07, 6.45) is 0.936. The molecule has 0 saturated carbocycles. The van der Waals surface area contributed by atoms with Crippen LogP contribution in [0.2, 0.25) is 0 Å². The van der Waals surface area contributed by atoms with Gasteiger partial charge in [0.15, 0.2) is 0 Å². The molecule has 0 bridgehead atoms. The lowest BCUT2D eigenvalue weighted by molar-refractivity contribution is 0.212. The van der Waals surface area contributed by atoms with E-state index in [1.54, 1.807) is 10.4 Å². The van der Waals surface area contributed by atoms with E-state index in [0.717, 1.165) is 11.3 Å². The number of hydrogen-bond donors (Lipinski definition) is 1. The number of nitrogens with zero attached hydrogens (tertiary/aromatic N) is 1. The third-order valence-corrected chi connectivity index (χ3v) is 8.09. The maximum Gasteiger partial charge on any atom is 0.245 e. The fraction of sp³-hybridized carbons (Fsp3) is 0.692. The predicted octanol–water partition coefficient (Wildman–Crippen LogP) is 2.90. The van der Waals surface area contributed by atoms with Crippen molar-refractivity contribution in [1.82, 2.24) is 9.62 Å². The van der Waals surface area contributed by atoms with Gasteiger partial charge in [0.2, 0.25) is 10.0 Å². The van der Waals surface area contributed by atoms with E-state index in [1.807, 2.05) is 7.05 Å². The van der Waals surface area contributed by atoms with Crippen molar-refractivity contribution in [3.05, 3.63) is 14.7 Å². The molecule has 1 N–H and O–H groups in total. The summed E-state index contributed by atoms with van der Waals surface area (Å²) >= 11 is 4.88. The summed E-state index contributed by atoms with van der Waals surface area (Å²) in [5.74, 6) is 1.000. The number of halogens is 1. The van der Waals surface area contributed by atoms with Crippen LogP contribution in [0.15, 0.2) is 14.7 Å². The molecule has 114 valence electrons. The Morgan fingerprint density at radius 1 is 1.45 bits per heavy atom. The van der Waals surface area contributed by atoms with Crippen LogP contribution in [0, 0.1) is 11.8 Å². The van der Waals surface area contributed by atoms with Crippen LogP contribution in [0.5, 0.6) is 0 Å². The van der Waals surface area contributed by atoms with Gasteiger partial charge in [-0.05, 0) is 47.3 Å². The lowest BCUT2D eigenvalue weighted by Gasteiger charge is -2.34. The molecule has 20 heavy (non-hydrogen) atoms. The summed E-state index contributed by atoms with van der Waals surface area (Å²) in [4.78, 5) is 1.44. The molecule has 1 aromatic heterocycles. The molecule has 0 spiro atoms. The SMILES string of the molecule is CNCc1cc(S(=O)(=O)N2CCC(C)C(C)C2)c(Br)s1. The molecule has 0 aliphatic carbocycles. The van der Waals surface area contributed by atoms with Crippen molar-refractivity contribution in [2.45, 2.75) is 31.7 Å². The molecule has 1 aliphatic rings. The molecule has 7 heteroatoms. The van der Waals surface area contributed by atoms with E-state index >= 15 is 0 Å². The van der Waals surface area contributed by atoms with Crippen molar-refractivity contribution in [3.8, 4) is 0 Å². The van der Waals surface area contributed by atoms with E-state index in [9.17, 15) is 8.42 Å². The van der Waals surface area contributed by atoms with Gasteiger partial charge in [0.25, 0.3) is 0 Å². The Morgan fingerprint density at radius 2 is 2.15 bits per heavy atom. The molecule has 2 rings (SSSR count). The molecule has 2 unspecified atom stereocenters. The summed E-state index contributed by atoms with van der Waals surface area (Å²) in [5, 5.41) is 3.05. The second-order valence-electron chi connectivity index (χ2n) is 5.49. The molecule has 2 heterocycles. The first-order valence-electron chi connectivity index (χ1n) is 6.79. The Kier molecular flexibility index (Phi) is 5.29. The summed E-state index contributed by atoms with van der Waals surface area (Å²) in [6, 6.07) is 1.78. The predicted molar refractivity (Wildman–Crippen MR) is 86.5 cm³/mol. The standard InChI is InChI=1S/C13H21BrN2O2S2/c1-9-4-5-16(8-10(9)2)20(17,18)12-6-11(7-15-3)19-13(12)14/h6,9-10,15H,4-5,7-8H2,1-3H3. The topological polar surface area (TPSA) is 49.4 Å². The minimum atomic E-state index is -3.38. The minimum absolute atomic E-state index is 0.410. The van der Waals surface area contributed by atoms with E-state index < -0.39 is 10.0 Å². The van der Waals surface area contributed by atoms with Crippen LogP contribution in [0.25, 0.3) is 0 Å². The summed E-state index contributed by atoms with van der Waals surface area (Å²) in [5.41, 5.74) is 0. The van der Waals surface area contributed by atoms with Gasteiger partial charge in [-0.25, -0.2) is 8.42 Å². The summed E-state index contributed by atoms with van der Waals surface area (Å²) in [6.45, 7) is 6.25. The molecule has 1 aliphatic heterocycles. The quantitative estimate of drug-likeness (QED) is 0.873. The molecule has 1 saturated heterocycles. The maximum absolute atomic E-state index is 12.8. The van der Waals surface area contributed by atoms with Gasteiger partial charge < -0.3 is 5.32 Å². The average Bonchev–Trinajstić information content (AvgIpc) is 2.75. The second kappa shape index (κ2) is 6.44. The van der Waals surface area contributed by atoms with E-state index in [-0.39, 0.29) is 0 Å². The van der Waals surface area contributed by atoms with Crippen molar-refractivity contribution in [2.75, 3.05) is 20.1 Å². The molecule has 4 nitrogen and oxygen atoms in total. The van der Waals surface area contributed by atoms with Gasteiger partial charge in [0.05, 0.1) is 3.79 Å². The van der Waals surface area contributed by atoms with Crippen LogP contribution < -0.4 is 5.32 Å². The van der Waals surface area contributed by atoms with Crippen molar-refractivity contribution in [3.63, 3.8) is 0 Å². The highest BCUT2D eigenvalue weighted by Gasteiger charge is 2.33. The monoisotopic (exact) mass is 380 g/mol. The smallest absolute Gasteiger partial charge is 0.245 e. The normalized spacial score (nSPS) is 25.0. The van der Waals surface area contributed by atoms with Gasteiger partial charge in [-0.2, -0.15) is 4.31 Å². The third-order valence-electron chi connectivity index (χ3n) is 3.97. The Morgan fingerprint density at radius 3 is 2.75 bits per heavy atom. The number of rotatable bonds is 4. The minimum Gasteiger partial charge on any atom is -0.315 e. The van der Waals surface area contributed by atoms with E-state index in [1.165, 1.54) is 11.3 Å². The Balaban J connectivity index is 2.26. The molecule has 2 atom stereocenters. The Labute approximate surface area is 133 Å². The zero-order chi connectivity index (χ0) is 14.9. The van der Waals surface area contributed by atoms with Crippen molar-refractivity contribution < 1.29 is 8.42 Å². The molecule has 0 aromatic carbocycles. The first kappa shape index (κ1) is 16.4. The largest absolute Gasteiger partial charge is 0.315 e. The van der Waals surface area contributed by atoms with Gasteiger partial charge in [-0.3, -0.25) is 0 Å². The highest BCUT2D eigenvalue weighted by Crippen LogP contribution is 2.35. The van der Waals surface area contributed by atoms with Gasteiger partial charge >= 0.3 is 0 Å². The highest BCUT2D eigenvalue weighted by atomic mass is 79.9. The van der Waals surface area contributed by atoms with Gasteiger partial charge in [-0.15, -0.1) is 11.3 Å². The van der Waals surface area contributed by atoms with Crippen LogP contribution in [0.1, 0.15) is 25.1 Å². The van der Waals surface area contributed by atoms with Crippen LogP contribution >= 0.6 is 27.3 Å². The zero-order valence-corrected chi connectivity index (χ0v) is 15.2.